The van der Waals surface area contributed by atoms with Gasteiger partial charge in [0, 0.05) is 25.7 Å². The number of unbranched alkanes of at least 4 members (excludes halogenated alkanes) is 1. The first-order chi connectivity index (χ1) is 10.1. The Bertz CT molecular complexity index is 375. The van der Waals surface area contributed by atoms with Crippen LogP contribution in [0.4, 0.5) is 4.79 Å². The molecule has 3 unspecified atom stereocenters. The number of fused-ring (bicyclic) bond motifs is 1. The molecule has 1 heterocycles. The van der Waals surface area contributed by atoms with Crippen molar-refractivity contribution in [1.82, 2.24) is 15.5 Å². The number of imide groups is 1. The molecular formula is C15H28N4O2. The zero-order chi connectivity index (χ0) is 15.2. The monoisotopic (exact) mass is 296 g/mol. The molecular weight excluding hydrogens is 268 g/mol. The lowest BCUT2D eigenvalue weighted by atomic mass is 9.78. The van der Waals surface area contributed by atoms with Crippen LogP contribution in [0.25, 0.3) is 0 Å². The molecule has 2 fully saturated rings. The molecule has 2 rings (SSSR count). The number of hydrogen-bond acceptors (Lipinski definition) is 4. The van der Waals surface area contributed by atoms with Crippen molar-refractivity contribution in [1.29, 1.82) is 0 Å². The SMILES string of the molecule is CCCCNC(=O)NC(=O)CN1CC2CCCC(N)C2C1. The van der Waals surface area contributed by atoms with Crippen molar-refractivity contribution in [2.75, 3.05) is 26.2 Å². The number of amides is 3. The zero-order valence-electron chi connectivity index (χ0n) is 12.9. The number of nitrogens with zero attached hydrogens (tertiary/aromatic N) is 1. The van der Waals surface area contributed by atoms with Gasteiger partial charge in [0.25, 0.3) is 0 Å². The number of carbonyl (C=O) groups is 2. The summed E-state index contributed by atoms with van der Waals surface area (Å²) in [6, 6.07) is -0.115. The average Bonchev–Trinajstić information content (AvgIpc) is 2.82. The molecule has 0 bridgehead atoms. The first-order valence-corrected chi connectivity index (χ1v) is 8.15. The topological polar surface area (TPSA) is 87.5 Å². The van der Waals surface area contributed by atoms with Crippen molar-refractivity contribution in [3.05, 3.63) is 0 Å². The fourth-order valence-electron chi connectivity index (χ4n) is 3.53. The Hall–Kier alpha value is -1.14. The lowest BCUT2D eigenvalue weighted by Crippen LogP contribution is -2.44. The Morgan fingerprint density at radius 2 is 2.10 bits per heavy atom. The summed E-state index contributed by atoms with van der Waals surface area (Å²) in [6.45, 7) is 4.78. The van der Waals surface area contributed by atoms with Gasteiger partial charge in [-0.25, -0.2) is 4.79 Å². The molecule has 2 aliphatic rings. The van der Waals surface area contributed by atoms with E-state index in [4.69, 9.17) is 5.73 Å². The van der Waals surface area contributed by atoms with Crippen molar-refractivity contribution < 1.29 is 9.59 Å². The second kappa shape index (κ2) is 7.75. The van der Waals surface area contributed by atoms with Gasteiger partial charge in [-0.3, -0.25) is 15.0 Å². The minimum absolute atomic E-state index is 0.226. The van der Waals surface area contributed by atoms with Crippen LogP contribution in [-0.2, 0) is 4.79 Å². The van der Waals surface area contributed by atoms with Crippen LogP contribution in [0.1, 0.15) is 39.0 Å². The summed E-state index contributed by atoms with van der Waals surface area (Å²) < 4.78 is 0. The Balaban J connectivity index is 1.70. The third kappa shape index (κ3) is 4.68. The molecule has 0 spiro atoms. The normalized spacial score (nSPS) is 29.0. The minimum Gasteiger partial charge on any atom is -0.338 e. The van der Waals surface area contributed by atoms with Crippen LogP contribution in [0.5, 0.6) is 0 Å². The van der Waals surface area contributed by atoms with Crippen LogP contribution in [0.2, 0.25) is 0 Å². The van der Waals surface area contributed by atoms with E-state index in [9.17, 15) is 9.59 Å². The van der Waals surface area contributed by atoms with Crippen LogP contribution < -0.4 is 16.4 Å². The Kier molecular flexibility index (Phi) is 5.99. The zero-order valence-corrected chi connectivity index (χ0v) is 12.9. The minimum atomic E-state index is -0.387. The summed E-state index contributed by atoms with van der Waals surface area (Å²) in [4.78, 5) is 25.5. The fraction of sp³-hybridized carbons (Fsp3) is 0.867. The Morgan fingerprint density at radius 3 is 2.81 bits per heavy atom. The van der Waals surface area contributed by atoms with E-state index < -0.39 is 0 Å². The molecule has 120 valence electrons. The highest BCUT2D eigenvalue weighted by Gasteiger charge is 2.39. The van der Waals surface area contributed by atoms with Crippen molar-refractivity contribution in [2.24, 2.45) is 17.6 Å². The van der Waals surface area contributed by atoms with Gasteiger partial charge in [0.2, 0.25) is 5.91 Å². The van der Waals surface area contributed by atoms with Crippen LogP contribution in [0, 0.1) is 11.8 Å². The third-order valence-electron chi connectivity index (χ3n) is 4.67. The quantitative estimate of drug-likeness (QED) is 0.651. The molecule has 0 aromatic heterocycles. The van der Waals surface area contributed by atoms with Gasteiger partial charge >= 0.3 is 6.03 Å². The number of rotatable bonds is 5. The molecule has 4 N–H and O–H groups in total. The van der Waals surface area contributed by atoms with Crippen LogP contribution in [0.15, 0.2) is 0 Å². The van der Waals surface area contributed by atoms with Crippen molar-refractivity contribution in [3.8, 4) is 0 Å². The molecule has 1 aliphatic carbocycles. The summed E-state index contributed by atoms with van der Waals surface area (Å²) in [5, 5.41) is 5.08. The Morgan fingerprint density at radius 1 is 1.29 bits per heavy atom. The largest absolute Gasteiger partial charge is 0.338 e. The maximum atomic E-state index is 11.9. The maximum Gasteiger partial charge on any atom is 0.321 e. The van der Waals surface area contributed by atoms with Gasteiger partial charge in [-0.1, -0.05) is 19.8 Å². The first kappa shape index (κ1) is 16.2. The Labute approximate surface area is 126 Å². The highest BCUT2D eigenvalue weighted by molar-refractivity contribution is 5.95. The van der Waals surface area contributed by atoms with Gasteiger partial charge in [-0.15, -0.1) is 0 Å². The standard InChI is InChI=1S/C15H28N4O2/c1-2-3-7-17-15(21)18-14(20)10-19-8-11-5-4-6-13(16)12(11)9-19/h11-13H,2-10,16H2,1H3,(H2,17,18,20,21). The van der Waals surface area contributed by atoms with Crippen LogP contribution in [-0.4, -0.2) is 49.1 Å². The molecule has 0 aromatic carbocycles. The van der Waals surface area contributed by atoms with E-state index in [-0.39, 0.29) is 18.0 Å². The number of nitrogens with one attached hydrogen (secondary N) is 2. The number of nitrogens with two attached hydrogens (primary N) is 1. The second-order valence-electron chi connectivity index (χ2n) is 6.37. The fourth-order valence-corrected chi connectivity index (χ4v) is 3.53. The molecule has 1 saturated heterocycles. The predicted molar refractivity (Wildman–Crippen MR) is 81.7 cm³/mol. The van der Waals surface area contributed by atoms with Gasteiger partial charge in [0.1, 0.15) is 0 Å². The van der Waals surface area contributed by atoms with E-state index in [1.165, 1.54) is 12.8 Å². The summed E-state index contributed by atoms with van der Waals surface area (Å²) in [6.07, 6.45) is 5.46. The molecule has 6 heteroatoms. The van der Waals surface area contributed by atoms with Gasteiger partial charge in [0.05, 0.1) is 6.54 Å². The molecule has 21 heavy (non-hydrogen) atoms. The second-order valence-corrected chi connectivity index (χ2v) is 6.37. The first-order valence-electron chi connectivity index (χ1n) is 8.15. The molecule has 1 aliphatic heterocycles. The average molecular weight is 296 g/mol. The van der Waals surface area contributed by atoms with Crippen molar-refractivity contribution in [2.45, 2.75) is 45.1 Å². The van der Waals surface area contributed by atoms with E-state index in [2.05, 4.69) is 22.5 Å². The lowest BCUT2D eigenvalue weighted by molar-refractivity contribution is -0.121. The lowest BCUT2D eigenvalue weighted by Gasteiger charge is -2.29. The van der Waals surface area contributed by atoms with E-state index in [1.54, 1.807) is 0 Å². The van der Waals surface area contributed by atoms with Crippen LogP contribution in [0.3, 0.4) is 0 Å². The molecule has 0 radical (unpaired) electrons. The third-order valence-corrected chi connectivity index (χ3v) is 4.67. The summed E-state index contributed by atoms with van der Waals surface area (Å²) >= 11 is 0. The van der Waals surface area contributed by atoms with E-state index >= 15 is 0 Å². The number of likely N-dealkylation sites (tertiary alicyclic amines) is 1. The van der Waals surface area contributed by atoms with Gasteiger partial charge in [-0.05, 0) is 31.1 Å². The number of carbonyl (C=O) groups excluding carboxylic acids is 2. The van der Waals surface area contributed by atoms with Gasteiger partial charge < -0.3 is 11.1 Å². The van der Waals surface area contributed by atoms with E-state index in [0.717, 1.165) is 32.4 Å². The molecule has 6 nitrogen and oxygen atoms in total. The molecule has 3 atom stereocenters. The van der Waals surface area contributed by atoms with Crippen molar-refractivity contribution in [3.63, 3.8) is 0 Å². The van der Waals surface area contributed by atoms with Crippen LogP contribution >= 0.6 is 0 Å². The highest BCUT2D eigenvalue weighted by atomic mass is 16.2. The molecule has 3 amide bonds. The van der Waals surface area contributed by atoms with Gasteiger partial charge in [0.15, 0.2) is 0 Å². The smallest absolute Gasteiger partial charge is 0.321 e. The molecule has 0 aromatic rings. The maximum absolute atomic E-state index is 11.9. The number of urea groups is 1. The predicted octanol–water partition coefficient (Wildman–Crippen LogP) is 0.672. The summed E-state index contributed by atoms with van der Waals surface area (Å²) in [7, 11) is 0. The molecule has 1 saturated carbocycles. The van der Waals surface area contributed by atoms with Gasteiger partial charge in [-0.2, -0.15) is 0 Å². The number of hydrogen-bond donors (Lipinski definition) is 3. The highest BCUT2D eigenvalue weighted by Crippen LogP contribution is 2.35. The van der Waals surface area contributed by atoms with Crippen molar-refractivity contribution >= 4 is 11.9 Å². The van der Waals surface area contributed by atoms with E-state index in [1.807, 2.05) is 0 Å². The van der Waals surface area contributed by atoms with E-state index in [0.29, 0.717) is 24.9 Å². The summed E-state index contributed by atoms with van der Waals surface area (Å²) in [5.74, 6) is 0.918. The summed E-state index contributed by atoms with van der Waals surface area (Å²) in [5.41, 5.74) is 6.17.